The number of carbonyl (C=O) groups excluding carboxylic acids is 1. The Balaban J connectivity index is 1.97. The van der Waals surface area contributed by atoms with Crippen molar-refractivity contribution < 1.29 is 9.53 Å². The molecule has 0 amide bonds. The average molecular weight is 271 g/mol. The van der Waals surface area contributed by atoms with Crippen LogP contribution >= 0.6 is 11.8 Å². The third kappa shape index (κ3) is 3.09. The third-order valence-corrected chi connectivity index (χ3v) is 5.51. The van der Waals surface area contributed by atoms with Crippen molar-refractivity contribution in [1.82, 2.24) is 0 Å². The van der Waals surface area contributed by atoms with E-state index in [0.717, 1.165) is 44.5 Å². The van der Waals surface area contributed by atoms with Crippen LogP contribution in [0.15, 0.2) is 0 Å². The second-order valence-corrected chi connectivity index (χ2v) is 6.75. The Hall–Kier alpha value is -0.0600. The molecule has 2 heterocycles. The van der Waals surface area contributed by atoms with E-state index in [2.05, 4.69) is 6.92 Å². The zero-order chi connectivity index (χ0) is 13.0. The van der Waals surface area contributed by atoms with Crippen LogP contribution in [0.4, 0.5) is 0 Å². The number of rotatable bonds is 5. The summed E-state index contributed by atoms with van der Waals surface area (Å²) in [6.07, 6.45) is 4.92. The minimum atomic E-state index is 0.00854. The highest BCUT2D eigenvalue weighted by Crippen LogP contribution is 2.41. The second kappa shape index (κ2) is 6.40. The Morgan fingerprint density at radius 1 is 1.61 bits per heavy atom. The van der Waals surface area contributed by atoms with Gasteiger partial charge in [0.25, 0.3) is 0 Å². The van der Waals surface area contributed by atoms with Crippen LogP contribution in [-0.4, -0.2) is 36.0 Å². The fraction of sp³-hybridized carbons (Fsp3) is 0.929. The molecule has 4 heteroatoms. The normalized spacial score (nSPS) is 33.8. The Morgan fingerprint density at radius 3 is 3.06 bits per heavy atom. The highest BCUT2D eigenvalue weighted by atomic mass is 32.2. The maximum absolute atomic E-state index is 12.5. The largest absolute Gasteiger partial charge is 0.374 e. The van der Waals surface area contributed by atoms with Gasteiger partial charge in [-0.1, -0.05) is 13.3 Å². The van der Waals surface area contributed by atoms with Crippen molar-refractivity contribution in [2.24, 2.45) is 17.6 Å². The first-order chi connectivity index (χ1) is 8.71. The molecule has 0 radical (unpaired) electrons. The lowest BCUT2D eigenvalue weighted by molar-refractivity contribution is -0.137. The van der Waals surface area contributed by atoms with Crippen molar-refractivity contribution in [1.29, 1.82) is 0 Å². The van der Waals surface area contributed by atoms with Crippen LogP contribution in [-0.2, 0) is 9.53 Å². The Morgan fingerprint density at radius 2 is 2.44 bits per heavy atom. The molecule has 3 atom stereocenters. The Bertz CT molecular complexity index is 290. The summed E-state index contributed by atoms with van der Waals surface area (Å²) in [5.41, 5.74) is 5.76. The number of carbonyl (C=O) groups is 1. The number of thioether (sulfide) groups is 1. The first-order valence-corrected chi connectivity index (χ1v) is 8.32. The van der Waals surface area contributed by atoms with Crippen LogP contribution in [0.1, 0.15) is 39.0 Å². The van der Waals surface area contributed by atoms with Crippen LogP contribution in [0.2, 0.25) is 0 Å². The zero-order valence-electron chi connectivity index (χ0n) is 11.3. The molecule has 2 fully saturated rings. The highest BCUT2D eigenvalue weighted by molar-refractivity contribution is 7.99. The van der Waals surface area contributed by atoms with Gasteiger partial charge in [0.1, 0.15) is 5.78 Å². The molecule has 2 saturated heterocycles. The fourth-order valence-corrected chi connectivity index (χ4v) is 4.57. The number of ketones is 1. The fourth-order valence-electron chi connectivity index (χ4n) is 3.19. The number of Topliss-reactive ketones (excluding diaryl/α,β-unsaturated/α-hetero) is 1. The van der Waals surface area contributed by atoms with Gasteiger partial charge in [-0.05, 0) is 31.4 Å². The summed E-state index contributed by atoms with van der Waals surface area (Å²) >= 11 is 1.96. The summed E-state index contributed by atoms with van der Waals surface area (Å²) in [5.74, 6) is 2.91. The maximum atomic E-state index is 12.5. The number of ether oxygens (including phenoxy) is 1. The van der Waals surface area contributed by atoms with Gasteiger partial charge in [0, 0.05) is 30.7 Å². The van der Waals surface area contributed by atoms with Gasteiger partial charge >= 0.3 is 0 Å². The molecule has 104 valence electrons. The first kappa shape index (κ1) is 14.4. The lowest BCUT2D eigenvalue weighted by Gasteiger charge is -2.38. The molecule has 3 nitrogen and oxygen atoms in total. The third-order valence-electron chi connectivity index (χ3n) is 4.29. The van der Waals surface area contributed by atoms with E-state index in [9.17, 15) is 4.79 Å². The molecular formula is C14H25NO2S. The Kier molecular flexibility index (Phi) is 5.10. The van der Waals surface area contributed by atoms with Crippen LogP contribution in [0, 0.1) is 11.8 Å². The Labute approximate surface area is 114 Å². The maximum Gasteiger partial charge on any atom is 0.140 e. The smallest absolute Gasteiger partial charge is 0.140 e. The molecule has 2 rings (SSSR count). The van der Waals surface area contributed by atoms with Crippen LogP contribution in [0.5, 0.6) is 0 Å². The molecule has 2 aliphatic heterocycles. The van der Waals surface area contributed by atoms with Gasteiger partial charge < -0.3 is 10.5 Å². The van der Waals surface area contributed by atoms with E-state index in [4.69, 9.17) is 10.5 Å². The van der Waals surface area contributed by atoms with Crippen LogP contribution in [0.3, 0.4) is 0 Å². The minimum absolute atomic E-state index is 0.00854. The predicted octanol–water partition coefficient (Wildman–Crippen LogP) is 2.23. The first-order valence-electron chi connectivity index (χ1n) is 7.16. The molecule has 2 aliphatic rings. The summed E-state index contributed by atoms with van der Waals surface area (Å²) < 4.78 is 5.98. The molecule has 2 N–H and O–H groups in total. The van der Waals surface area contributed by atoms with E-state index >= 15 is 0 Å². The molecule has 0 aromatic carbocycles. The van der Waals surface area contributed by atoms with Gasteiger partial charge in [0.15, 0.2) is 0 Å². The molecule has 0 aromatic rings. The molecule has 0 aliphatic carbocycles. The van der Waals surface area contributed by atoms with E-state index in [-0.39, 0.29) is 17.4 Å². The molecule has 3 unspecified atom stereocenters. The van der Waals surface area contributed by atoms with E-state index < -0.39 is 0 Å². The molecule has 18 heavy (non-hydrogen) atoms. The highest BCUT2D eigenvalue weighted by Gasteiger charge is 2.43. The summed E-state index contributed by atoms with van der Waals surface area (Å²) in [6.45, 7) is 3.38. The summed E-state index contributed by atoms with van der Waals surface area (Å²) in [5, 5.41) is 0. The summed E-state index contributed by atoms with van der Waals surface area (Å²) in [6, 6.07) is 0. The van der Waals surface area contributed by atoms with E-state index in [1.807, 2.05) is 11.8 Å². The van der Waals surface area contributed by atoms with Gasteiger partial charge in [-0.3, -0.25) is 4.79 Å². The van der Waals surface area contributed by atoms with Crippen molar-refractivity contribution in [3.63, 3.8) is 0 Å². The molecule has 0 aromatic heterocycles. The number of hydrogen-bond donors (Lipinski definition) is 1. The lowest BCUT2D eigenvalue weighted by atomic mass is 9.78. The standard InChI is InChI=1S/C14H25NO2S/c1-2-3-12(9-15)13(16)11-4-6-17-14(8-11)5-7-18-10-14/h11-12H,2-10,15H2,1H3. The van der Waals surface area contributed by atoms with E-state index in [0.29, 0.717) is 12.3 Å². The molecule has 0 bridgehead atoms. The topological polar surface area (TPSA) is 52.3 Å². The monoisotopic (exact) mass is 271 g/mol. The van der Waals surface area contributed by atoms with Crippen LogP contribution < -0.4 is 5.73 Å². The van der Waals surface area contributed by atoms with Gasteiger partial charge in [-0.25, -0.2) is 0 Å². The van der Waals surface area contributed by atoms with Crippen molar-refractivity contribution in [3.05, 3.63) is 0 Å². The number of nitrogens with two attached hydrogens (primary N) is 1. The van der Waals surface area contributed by atoms with Gasteiger partial charge in [0.2, 0.25) is 0 Å². The lowest BCUT2D eigenvalue weighted by Crippen LogP contribution is -2.44. The zero-order valence-corrected chi connectivity index (χ0v) is 12.1. The second-order valence-electron chi connectivity index (χ2n) is 5.65. The van der Waals surface area contributed by atoms with Gasteiger partial charge in [-0.15, -0.1) is 0 Å². The summed E-state index contributed by atoms with van der Waals surface area (Å²) in [7, 11) is 0. The summed E-state index contributed by atoms with van der Waals surface area (Å²) in [4.78, 5) is 12.5. The minimum Gasteiger partial charge on any atom is -0.374 e. The van der Waals surface area contributed by atoms with Crippen molar-refractivity contribution >= 4 is 17.5 Å². The quantitative estimate of drug-likeness (QED) is 0.833. The average Bonchev–Trinajstić information content (AvgIpc) is 2.83. The van der Waals surface area contributed by atoms with Gasteiger partial charge in [0.05, 0.1) is 5.60 Å². The van der Waals surface area contributed by atoms with Crippen LogP contribution in [0.25, 0.3) is 0 Å². The van der Waals surface area contributed by atoms with E-state index in [1.165, 1.54) is 5.75 Å². The molecule has 1 spiro atoms. The van der Waals surface area contributed by atoms with Gasteiger partial charge in [-0.2, -0.15) is 11.8 Å². The molecular weight excluding hydrogens is 246 g/mol. The molecule has 0 saturated carbocycles. The predicted molar refractivity (Wildman–Crippen MR) is 75.8 cm³/mol. The van der Waals surface area contributed by atoms with E-state index in [1.54, 1.807) is 0 Å². The van der Waals surface area contributed by atoms with Crippen molar-refractivity contribution in [2.75, 3.05) is 24.7 Å². The van der Waals surface area contributed by atoms with Crippen molar-refractivity contribution in [2.45, 2.75) is 44.6 Å². The number of hydrogen-bond acceptors (Lipinski definition) is 4. The van der Waals surface area contributed by atoms with Crippen molar-refractivity contribution in [3.8, 4) is 0 Å². The SMILES string of the molecule is CCCC(CN)C(=O)C1CCOC2(CCSC2)C1.